The monoisotopic (exact) mass is 311 g/mol. The molecule has 2 aliphatic rings. The highest BCUT2D eigenvalue weighted by molar-refractivity contribution is 5.98. The number of hydrogen-bond donors (Lipinski definition) is 1. The van der Waals surface area contributed by atoms with E-state index in [2.05, 4.69) is 65.7 Å². The highest BCUT2D eigenvalue weighted by atomic mass is 35.5. The average Bonchev–Trinajstić information content (AvgIpc) is 2.57. The van der Waals surface area contributed by atoms with E-state index in [1.54, 1.807) is 0 Å². The van der Waals surface area contributed by atoms with Crippen molar-refractivity contribution in [1.82, 2.24) is 0 Å². The zero-order chi connectivity index (χ0) is 14.1. The first-order valence-electron chi connectivity index (χ1n) is 8.15. The number of hydrogen-bond acceptors (Lipinski definition) is 0. The number of fused-ring (bicyclic) bond motifs is 2. The fraction of sp³-hybridized carbons (Fsp3) is 0.350. The van der Waals surface area contributed by atoms with Crippen molar-refractivity contribution in [2.45, 2.75) is 31.7 Å². The molecule has 1 N–H and O–H groups in total. The van der Waals surface area contributed by atoms with Crippen LogP contribution >= 0.6 is 0 Å². The summed E-state index contributed by atoms with van der Waals surface area (Å²) in [6.07, 6.45) is 5.42. The number of halogens is 1. The Balaban J connectivity index is 0.00000144. The van der Waals surface area contributed by atoms with Crippen LogP contribution < -0.4 is 17.4 Å². The second kappa shape index (κ2) is 6.66. The van der Waals surface area contributed by atoms with E-state index in [0.717, 1.165) is 11.8 Å². The van der Waals surface area contributed by atoms with Crippen LogP contribution in [0, 0.1) is 11.8 Å². The van der Waals surface area contributed by atoms with Gasteiger partial charge in [-0.2, -0.15) is 0 Å². The molecule has 1 fully saturated rings. The minimum Gasteiger partial charge on any atom is -1.00 e. The normalized spacial score (nSPS) is 26.7. The molecule has 22 heavy (non-hydrogen) atoms. The van der Waals surface area contributed by atoms with Crippen LogP contribution in [0.1, 0.15) is 42.9 Å². The summed E-state index contributed by atoms with van der Waals surface area (Å²) in [6, 6.07) is 22.4. The Morgan fingerprint density at radius 1 is 0.818 bits per heavy atom. The van der Waals surface area contributed by atoms with Crippen LogP contribution in [0.2, 0.25) is 0 Å². The summed E-state index contributed by atoms with van der Waals surface area (Å²) in [5.41, 5.74) is 4.29. The standard InChI is InChI=1S/C20H21N.ClH/c1-3-8-15(9-4-1)19-17-12-7-13-18(14-17)20(21-19)16-10-5-2-6-11-16;/h1-6,8-11,17-19H,7,12-14H2;1H/t17-,18+,19+;/m0./s1. The van der Waals surface area contributed by atoms with Gasteiger partial charge in [-0.1, -0.05) is 55.0 Å². The molecule has 1 aliphatic carbocycles. The van der Waals surface area contributed by atoms with E-state index >= 15 is 0 Å². The molecule has 114 valence electrons. The van der Waals surface area contributed by atoms with Gasteiger partial charge in [-0.25, -0.2) is 4.99 Å². The van der Waals surface area contributed by atoms with Crippen LogP contribution in [-0.2, 0) is 0 Å². The summed E-state index contributed by atoms with van der Waals surface area (Å²) < 4.78 is 0. The van der Waals surface area contributed by atoms with Gasteiger partial charge in [-0.15, -0.1) is 0 Å². The van der Waals surface area contributed by atoms with Gasteiger partial charge in [0.1, 0.15) is 0 Å². The Hall–Kier alpha value is -1.60. The second-order valence-corrected chi connectivity index (χ2v) is 6.44. The van der Waals surface area contributed by atoms with E-state index in [1.165, 1.54) is 42.5 Å². The molecule has 0 spiro atoms. The van der Waals surface area contributed by atoms with Crippen molar-refractivity contribution < 1.29 is 17.4 Å². The SMILES string of the molecule is [Cl-].c1ccc(C2=[NH+][C@H](c3ccccc3)[C@H]3CCC[C@@H]2C3)cc1. The molecule has 3 atom stereocenters. The average molecular weight is 312 g/mol. The first-order chi connectivity index (χ1) is 10.4. The number of nitrogens with one attached hydrogen (secondary N) is 1. The Morgan fingerprint density at radius 2 is 1.50 bits per heavy atom. The molecule has 2 bridgehead atoms. The Labute approximate surface area is 138 Å². The van der Waals surface area contributed by atoms with Gasteiger partial charge in [0, 0.05) is 23.0 Å². The van der Waals surface area contributed by atoms with Crippen LogP contribution in [0.25, 0.3) is 0 Å². The minimum atomic E-state index is 0. The van der Waals surface area contributed by atoms with Crippen molar-refractivity contribution in [2.75, 3.05) is 0 Å². The largest absolute Gasteiger partial charge is 1.00 e. The Morgan fingerprint density at radius 3 is 2.23 bits per heavy atom. The van der Waals surface area contributed by atoms with E-state index in [4.69, 9.17) is 0 Å². The quantitative estimate of drug-likeness (QED) is 0.810. The van der Waals surface area contributed by atoms with Crippen LogP contribution in [0.4, 0.5) is 0 Å². The molecule has 0 radical (unpaired) electrons. The molecule has 0 aromatic heterocycles. The van der Waals surface area contributed by atoms with Gasteiger partial charge in [0.25, 0.3) is 0 Å². The zero-order valence-corrected chi connectivity index (χ0v) is 13.5. The summed E-state index contributed by atoms with van der Waals surface area (Å²) in [7, 11) is 0. The highest BCUT2D eigenvalue weighted by Crippen LogP contribution is 2.38. The van der Waals surface area contributed by atoms with E-state index in [9.17, 15) is 0 Å². The second-order valence-electron chi connectivity index (χ2n) is 6.44. The Bertz CT molecular complexity index is 635. The predicted octanol–water partition coefficient (Wildman–Crippen LogP) is 0.122. The van der Waals surface area contributed by atoms with E-state index < -0.39 is 0 Å². The third-order valence-electron chi connectivity index (χ3n) is 5.15. The lowest BCUT2D eigenvalue weighted by atomic mass is 9.71. The molecule has 2 heteroatoms. The lowest BCUT2D eigenvalue weighted by Crippen LogP contribution is -3.00. The zero-order valence-electron chi connectivity index (χ0n) is 12.7. The molecule has 2 aromatic carbocycles. The summed E-state index contributed by atoms with van der Waals surface area (Å²) in [4.78, 5) is 3.90. The van der Waals surface area contributed by atoms with Gasteiger partial charge in [-0.05, 0) is 31.4 Å². The maximum atomic E-state index is 3.90. The van der Waals surface area contributed by atoms with Crippen molar-refractivity contribution in [1.29, 1.82) is 0 Å². The fourth-order valence-electron chi connectivity index (χ4n) is 4.15. The van der Waals surface area contributed by atoms with E-state index in [0.29, 0.717) is 6.04 Å². The third-order valence-corrected chi connectivity index (χ3v) is 5.15. The van der Waals surface area contributed by atoms with Gasteiger partial charge in [0.2, 0.25) is 0 Å². The molecule has 0 saturated heterocycles. The summed E-state index contributed by atoms with van der Waals surface area (Å²) in [5.74, 6) is 1.52. The first kappa shape index (κ1) is 15.3. The van der Waals surface area contributed by atoms with Crippen LogP contribution in [0.3, 0.4) is 0 Å². The summed E-state index contributed by atoms with van der Waals surface area (Å²) in [6.45, 7) is 0. The van der Waals surface area contributed by atoms with Crippen molar-refractivity contribution in [3.8, 4) is 0 Å². The van der Waals surface area contributed by atoms with E-state index in [-0.39, 0.29) is 12.4 Å². The van der Waals surface area contributed by atoms with Crippen LogP contribution in [-0.4, -0.2) is 5.71 Å². The molecule has 1 saturated carbocycles. The maximum absolute atomic E-state index is 3.90. The molecule has 0 amide bonds. The highest BCUT2D eigenvalue weighted by Gasteiger charge is 2.41. The summed E-state index contributed by atoms with van der Waals surface area (Å²) in [5, 5.41) is 0. The Kier molecular flexibility index (Phi) is 4.63. The maximum Gasteiger partial charge on any atom is 0.185 e. The molecule has 1 nitrogen and oxygen atoms in total. The number of benzene rings is 2. The van der Waals surface area contributed by atoms with Crippen molar-refractivity contribution in [3.63, 3.8) is 0 Å². The number of rotatable bonds is 2. The van der Waals surface area contributed by atoms with Gasteiger partial charge >= 0.3 is 0 Å². The molecule has 2 aromatic rings. The molecule has 1 aliphatic heterocycles. The van der Waals surface area contributed by atoms with Gasteiger partial charge < -0.3 is 12.4 Å². The van der Waals surface area contributed by atoms with Crippen LogP contribution in [0.15, 0.2) is 60.7 Å². The van der Waals surface area contributed by atoms with Gasteiger partial charge in [0.15, 0.2) is 11.8 Å². The molecule has 0 unspecified atom stereocenters. The van der Waals surface area contributed by atoms with Crippen molar-refractivity contribution in [3.05, 3.63) is 71.8 Å². The molecular formula is C20H22ClN. The third kappa shape index (κ3) is 2.83. The predicted molar refractivity (Wildman–Crippen MR) is 86.1 cm³/mol. The first-order valence-corrected chi connectivity index (χ1v) is 8.15. The molecule has 1 heterocycles. The van der Waals surface area contributed by atoms with Gasteiger partial charge in [0.05, 0.1) is 0 Å². The smallest absolute Gasteiger partial charge is 0.185 e. The lowest BCUT2D eigenvalue weighted by molar-refractivity contribution is -0.532. The van der Waals surface area contributed by atoms with Crippen LogP contribution in [0.5, 0.6) is 0 Å². The topological polar surface area (TPSA) is 14.0 Å². The molecule has 4 rings (SSSR count). The van der Waals surface area contributed by atoms with Gasteiger partial charge in [-0.3, -0.25) is 0 Å². The fourth-order valence-corrected chi connectivity index (χ4v) is 4.15. The van der Waals surface area contributed by atoms with Crippen molar-refractivity contribution >= 4 is 5.71 Å². The van der Waals surface area contributed by atoms with Crippen molar-refractivity contribution in [2.24, 2.45) is 11.8 Å². The molecular weight excluding hydrogens is 290 g/mol. The van der Waals surface area contributed by atoms with E-state index in [1.807, 2.05) is 0 Å². The lowest BCUT2D eigenvalue weighted by Gasteiger charge is -2.34. The summed E-state index contributed by atoms with van der Waals surface area (Å²) >= 11 is 0. The minimum absolute atomic E-state index is 0.